The van der Waals surface area contributed by atoms with Gasteiger partial charge in [-0.2, -0.15) is 0 Å². The first-order chi connectivity index (χ1) is 16.6. The first kappa shape index (κ1) is 24.9. The number of anilines is 1. The molecule has 0 spiro atoms. The van der Waals surface area contributed by atoms with Crippen LogP contribution in [0.3, 0.4) is 0 Å². The van der Waals surface area contributed by atoms with E-state index in [0.29, 0.717) is 10.7 Å². The van der Waals surface area contributed by atoms with Crippen LogP contribution in [-0.2, 0) is 14.8 Å². The first-order valence-corrected chi connectivity index (χ1v) is 13.0. The molecule has 4 rings (SSSR count). The van der Waals surface area contributed by atoms with Crippen LogP contribution in [0.4, 0.5) is 5.69 Å². The van der Waals surface area contributed by atoms with E-state index < -0.39 is 22.0 Å². The molecular weight excluding hydrogens is 488 g/mol. The van der Waals surface area contributed by atoms with E-state index >= 15 is 0 Å². The lowest BCUT2D eigenvalue weighted by molar-refractivity contribution is -0.127. The molecule has 0 radical (unpaired) electrons. The van der Waals surface area contributed by atoms with Crippen LogP contribution in [0.2, 0.25) is 5.02 Å². The third-order valence-electron chi connectivity index (χ3n) is 5.84. The highest BCUT2D eigenvalue weighted by atomic mass is 35.5. The number of nitrogens with zero attached hydrogens (tertiary/aromatic N) is 1. The molecule has 1 aliphatic rings. The van der Waals surface area contributed by atoms with Crippen LogP contribution in [0.1, 0.15) is 16.7 Å². The van der Waals surface area contributed by atoms with E-state index in [1.54, 1.807) is 36.4 Å². The molecule has 0 saturated heterocycles. The Morgan fingerprint density at radius 2 is 1.80 bits per heavy atom. The number of carbonyl (C=O) groups is 1. The predicted molar refractivity (Wildman–Crippen MR) is 136 cm³/mol. The SMILES string of the molecule is Cc1ccc(S(=O)(=O)N2CC(C(=O)NCCOc3ccc(C)c(C)c3)Oc3ccc(Cl)cc32)cc1. The zero-order chi connectivity index (χ0) is 25.2. The average Bonchev–Trinajstić information content (AvgIpc) is 2.83. The summed E-state index contributed by atoms with van der Waals surface area (Å²) in [5.41, 5.74) is 3.53. The molecule has 3 aromatic carbocycles. The van der Waals surface area contributed by atoms with Crippen molar-refractivity contribution in [1.82, 2.24) is 5.32 Å². The van der Waals surface area contributed by atoms with Crippen LogP contribution < -0.4 is 19.1 Å². The Hall–Kier alpha value is -3.23. The van der Waals surface area contributed by atoms with Gasteiger partial charge in [0.05, 0.1) is 23.7 Å². The number of fused-ring (bicyclic) bond motifs is 1. The second kappa shape index (κ2) is 10.2. The van der Waals surface area contributed by atoms with Gasteiger partial charge in [0.1, 0.15) is 18.1 Å². The number of benzene rings is 3. The summed E-state index contributed by atoms with van der Waals surface area (Å²) < 4.78 is 39.7. The number of aryl methyl sites for hydroxylation is 3. The van der Waals surface area contributed by atoms with Crippen LogP contribution >= 0.6 is 11.6 Å². The largest absolute Gasteiger partial charge is 0.492 e. The van der Waals surface area contributed by atoms with Gasteiger partial charge in [-0.1, -0.05) is 35.4 Å². The van der Waals surface area contributed by atoms with Crippen LogP contribution in [0.15, 0.2) is 65.6 Å². The van der Waals surface area contributed by atoms with Gasteiger partial charge >= 0.3 is 0 Å². The minimum atomic E-state index is -3.95. The van der Waals surface area contributed by atoms with Gasteiger partial charge in [-0.25, -0.2) is 8.42 Å². The number of halogens is 1. The normalized spacial score (nSPS) is 15.2. The van der Waals surface area contributed by atoms with Gasteiger partial charge in [0.2, 0.25) is 0 Å². The van der Waals surface area contributed by atoms with Gasteiger partial charge in [-0.3, -0.25) is 9.10 Å². The topological polar surface area (TPSA) is 84.9 Å². The minimum absolute atomic E-state index is 0.122. The molecule has 0 saturated carbocycles. The quantitative estimate of drug-likeness (QED) is 0.472. The second-order valence-corrected chi connectivity index (χ2v) is 10.8. The monoisotopic (exact) mass is 514 g/mol. The molecule has 3 aromatic rings. The van der Waals surface area contributed by atoms with Crippen molar-refractivity contribution in [1.29, 1.82) is 0 Å². The lowest BCUT2D eigenvalue weighted by Crippen LogP contribution is -2.51. The Kier molecular flexibility index (Phi) is 7.23. The Bertz CT molecular complexity index is 1340. The molecule has 0 aromatic heterocycles. The molecule has 1 N–H and O–H groups in total. The molecular formula is C26H27ClN2O5S. The molecule has 1 heterocycles. The van der Waals surface area contributed by atoms with E-state index in [9.17, 15) is 13.2 Å². The lowest BCUT2D eigenvalue weighted by Gasteiger charge is -2.34. The fraction of sp³-hybridized carbons (Fsp3) is 0.269. The molecule has 1 unspecified atom stereocenters. The molecule has 1 aliphatic heterocycles. The number of nitrogens with one attached hydrogen (secondary N) is 1. The highest BCUT2D eigenvalue weighted by Gasteiger charge is 2.37. The number of rotatable bonds is 7. The van der Waals surface area contributed by atoms with Crippen LogP contribution in [0, 0.1) is 20.8 Å². The van der Waals surface area contributed by atoms with E-state index in [-0.39, 0.29) is 30.3 Å². The second-order valence-electron chi connectivity index (χ2n) is 8.45. The Balaban J connectivity index is 1.48. The molecule has 1 amide bonds. The zero-order valence-electron chi connectivity index (χ0n) is 19.7. The predicted octanol–water partition coefficient (Wildman–Crippen LogP) is 4.42. The van der Waals surface area contributed by atoms with Gasteiger partial charge in [0.25, 0.3) is 15.9 Å². The Morgan fingerprint density at radius 1 is 1.06 bits per heavy atom. The van der Waals surface area contributed by atoms with Crippen molar-refractivity contribution in [2.45, 2.75) is 31.8 Å². The van der Waals surface area contributed by atoms with E-state index in [4.69, 9.17) is 21.1 Å². The van der Waals surface area contributed by atoms with E-state index in [1.165, 1.54) is 15.9 Å². The number of ether oxygens (including phenoxy) is 2. The van der Waals surface area contributed by atoms with E-state index in [1.807, 2.05) is 39.0 Å². The van der Waals surface area contributed by atoms with Crippen molar-refractivity contribution in [3.05, 3.63) is 82.4 Å². The average molecular weight is 515 g/mol. The smallest absolute Gasteiger partial charge is 0.264 e. The van der Waals surface area contributed by atoms with Crippen LogP contribution in [0.5, 0.6) is 11.5 Å². The Labute approximate surface area is 210 Å². The van der Waals surface area contributed by atoms with Crippen molar-refractivity contribution >= 4 is 33.2 Å². The number of carbonyl (C=O) groups excluding carboxylic acids is 1. The summed E-state index contributed by atoms with van der Waals surface area (Å²) in [6.45, 7) is 6.23. The maximum absolute atomic E-state index is 13.5. The van der Waals surface area contributed by atoms with Crippen molar-refractivity contribution in [3.8, 4) is 11.5 Å². The van der Waals surface area contributed by atoms with Gasteiger partial charge in [-0.05, 0) is 74.4 Å². The first-order valence-electron chi connectivity index (χ1n) is 11.2. The summed E-state index contributed by atoms with van der Waals surface area (Å²) in [7, 11) is -3.95. The molecule has 184 valence electrons. The van der Waals surface area contributed by atoms with Crippen molar-refractivity contribution in [2.75, 3.05) is 24.0 Å². The summed E-state index contributed by atoms with van der Waals surface area (Å²) >= 11 is 6.14. The summed E-state index contributed by atoms with van der Waals surface area (Å²) in [4.78, 5) is 13.0. The molecule has 0 fully saturated rings. The van der Waals surface area contributed by atoms with Crippen LogP contribution in [-0.4, -0.2) is 40.1 Å². The van der Waals surface area contributed by atoms with Crippen LogP contribution in [0.25, 0.3) is 0 Å². The van der Waals surface area contributed by atoms with Gasteiger partial charge in [-0.15, -0.1) is 0 Å². The number of hydrogen-bond donors (Lipinski definition) is 1. The third kappa shape index (κ3) is 5.55. The van der Waals surface area contributed by atoms with Gasteiger partial charge in [0.15, 0.2) is 6.10 Å². The number of amides is 1. The van der Waals surface area contributed by atoms with Crippen molar-refractivity contribution in [3.63, 3.8) is 0 Å². The maximum Gasteiger partial charge on any atom is 0.264 e. The summed E-state index contributed by atoms with van der Waals surface area (Å²) in [6.07, 6.45) is -1.04. The van der Waals surface area contributed by atoms with Gasteiger partial charge < -0.3 is 14.8 Å². The third-order valence-corrected chi connectivity index (χ3v) is 7.87. The minimum Gasteiger partial charge on any atom is -0.492 e. The zero-order valence-corrected chi connectivity index (χ0v) is 21.3. The molecule has 9 heteroatoms. The van der Waals surface area contributed by atoms with Crippen molar-refractivity contribution < 1.29 is 22.7 Å². The standard InChI is InChI=1S/C26H27ClN2O5S/c1-17-4-9-22(10-5-17)35(31,32)29-16-25(34-24-11-7-20(27)15-23(24)29)26(30)28-12-13-33-21-8-6-18(2)19(3)14-21/h4-11,14-15,25H,12-13,16H2,1-3H3,(H,28,30). The number of hydrogen-bond acceptors (Lipinski definition) is 5. The Morgan fingerprint density at radius 3 is 2.51 bits per heavy atom. The molecule has 35 heavy (non-hydrogen) atoms. The summed E-state index contributed by atoms with van der Waals surface area (Å²) in [5.74, 6) is 0.554. The van der Waals surface area contributed by atoms with Crippen molar-refractivity contribution in [2.24, 2.45) is 0 Å². The lowest BCUT2D eigenvalue weighted by atomic mass is 10.1. The summed E-state index contributed by atoms with van der Waals surface area (Å²) in [6, 6.07) is 17.0. The molecule has 0 bridgehead atoms. The van der Waals surface area contributed by atoms with E-state index in [2.05, 4.69) is 5.32 Å². The van der Waals surface area contributed by atoms with Gasteiger partial charge in [0, 0.05) is 5.02 Å². The molecule has 1 atom stereocenters. The fourth-order valence-electron chi connectivity index (χ4n) is 3.69. The number of sulfonamides is 1. The highest BCUT2D eigenvalue weighted by molar-refractivity contribution is 7.92. The van der Waals surface area contributed by atoms with E-state index in [0.717, 1.165) is 16.9 Å². The fourth-order valence-corrected chi connectivity index (χ4v) is 5.32. The summed E-state index contributed by atoms with van der Waals surface area (Å²) in [5, 5.41) is 3.14. The maximum atomic E-state index is 13.5. The molecule has 0 aliphatic carbocycles. The highest BCUT2D eigenvalue weighted by Crippen LogP contribution is 2.38. The molecule has 7 nitrogen and oxygen atoms in total.